The van der Waals surface area contributed by atoms with E-state index in [1.165, 1.54) is 45.6 Å². The van der Waals surface area contributed by atoms with Gasteiger partial charge in [-0.25, -0.2) is 10.2 Å². The molecule has 4 heteroatoms. The van der Waals surface area contributed by atoms with Gasteiger partial charge in [0, 0.05) is 5.71 Å². The summed E-state index contributed by atoms with van der Waals surface area (Å²) in [4.78, 5) is 11.0. The molecule has 4 saturated carbocycles. The number of hydrogen-bond donors (Lipinski definition) is 1. The highest BCUT2D eigenvalue weighted by molar-refractivity contribution is 5.83. The minimum absolute atomic E-state index is 0.482. The Morgan fingerprint density at radius 1 is 1.21 bits per heavy atom. The Morgan fingerprint density at radius 2 is 1.74 bits per heavy atom. The molecule has 1 N–H and O–H groups in total. The number of nitrogens with one attached hydrogen (secondary N) is 1. The van der Waals surface area contributed by atoms with Crippen LogP contribution < -0.4 is 5.43 Å². The number of rotatable bonds is 3. The fourth-order valence-corrected chi connectivity index (χ4v) is 5.28. The zero-order valence-electron chi connectivity index (χ0n) is 11.9. The van der Waals surface area contributed by atoms with Gasteiger partial charge >= 0.3 is 6.09 Å². The average Bonchev–Trinajstić information content (AvgIpc) is 2.33. The highest BCUT2D eigenvalue weighted by Crippen LogP contribution is 2.61. The van der Waals surface area contributed by atoms with Crippen molar-refractivity contribution in [2.24, 2.45) is 28.3 Å². The molecule has 0 saturated heterocycles. The molecule has 106 valence electrons. The van der Waals surface area contributed by atoms with E-state index in [1.54, 1.807) is 0 Å². The van der Waals surface area contributed by atoms with Crippen LogP contribution in [0.1, 0.15) is 51.9 Å². The van der Waals surface area contributed by atoms with E-state index in [-0.39, 0.29) is 0 Å². The number of carbonyl (C=O) groups excluding carboxylic acids is 1. The second-order valence-electron chi connectivity index (χ2n) is 7.04. The molecule has 0 radical (unpaired) electrons. The Kier molecular flexibility index (Phi) is 3.27. The molecule has 4 aliphatic rings. The molecule has 0 atom stereocenters. The summed E-state index contributed by atoms with van der Waals surface area (Å²) < 4.78 is 4.54. The molecule has 19 heavy (non-hydrogen) atoms. The van der Waals surface area contributed by atoms with Crippen molar-refractivity contribution in [3.63, 3.8) is 0 Å². The van der Waals surface area contributed by atoms with Gasteiger partial charge in [-0.1, -0.05) is 0 Å². The maximum absolute atomic E-state index is 11.0. The van der Waals surface area contributed by atoms with Crippen LogP contribution in [0.25, 0.3) is 0 Å². The summed E-state index contributed by atoms with van der Waals surface area (Å²) in [6.07, 6.45) is 9.10. The van der Waals surface area contributed by atoms with Gasteiger partial charge in [-0.05, 0) is 75.0 Å². The number of nitrogens with zero attached hydrogens (tertiary/aromatic N) is 1. The van der Waals surface area contributed by atoms with E-state index in [2.05, 4.69) is 15.3 Å². The van der Waals surface area contributed by atoms with Gasteiger partial charge in [0.25, 0.3) is 0 Å². The third-order valence-electron chi connectivity index (χ3n) is 5.32. The van der Waals surface area contributed by atoms with Crippen LogP contribution in [0.3, 0.4) is 0 Å². The second kappa shape index (κ2) is 4.80. The lowest BCUT2D eigenvalue weighted by Gasteiger charge is -2.57. The summed E-state index contributed by atoms with van der Waals surface area (Å²) in [7, 11) is 1.36. The molecule has 0 unspecified atom stereocenters. The molecule has 4 bridgehead atoms. The Balaban J connectivity index is 1.64. The predicted octanol–water partition coefficient (Wildman–Crippen LogP) is 3.32. The van der Waals surface area contributed by atoms with Gasteiger partial charge in [0.1, 0.15) is 0 Å². The lowest BCUT2D eigenvalue weighted by atomic mass is 9.48. The van der Waals surface area contributed by atoms with Crippen LogP contribution in [0, 0.1) is 23.2 Å². The van der Waals surface area contributed by atoms with Gasteiger partial charge in [-0.3, -0.25) is 0 Å². The second-order valence-corrected chi connectivity index (χ2v) is 7.04. The molecule has 4 aliphatic carbocycles. The summed E-state index contributed by atoms with van der Waals surface area (Å²) in [6.45, 7) is 2.02. The first-order chi connectivity index (χ1) is 9.08. The van der Waals surface area contributed by atoms with Crippen LogP contribution in [0.15, 0.2) is 5.10 Å². The van der Waals surface area contributed by atoms with Crippen LogP contribution >= 0.6 is 0 Å². The zero-order valence-corrected chi connectivity index (χ0v) is 11.9. The first kappa shape index (κ1) is 12.9. The van der Waals surface area contributed by atoms with E-state index in [9.17, 15) is 4.79 Å². The number of ether oxygens (including phenoxy) is 1. The number of amides is 1. The quantitative estimate of drug-likeness (QED) is 0.628. The van der Waals surface area contributed by atoms with Crippen LogP contribution in [-0.2, 0) is 4.74 Å². The average molecular weight is 264 g/mol. The van der Waals surface area contributed by atoms with Crippen molar-refractivity contribution in [3.05, 3.63) is 0 Å². The molecule has 4 fully saturated rings. The smallest absolute Gasteiger partial charge is 0.427 e. The number of hydrazone groups is 1. The lowest BCUT2D eigenvalue weighted by Crippen LogP contribution is -2.46. The summed E-state index contributed by atoms with van der Waals surface area (Å²) in [5, 5.41) is 4.16. The molecule has 0 heterocycles. The fraction of sp³-hybridized carbons (Fsp3) is 0.867. The van der Waals surface area contributed by atoms with Gasteiger partial charge in [0.2, 0.25) is 0 Å². The normalized spacial score (nSPS) is 40.3. The first-order valence-corrected chi connectivity index (χ1v) is 7.46. The van der Waals surface area contributed by atoms with E-state index in [0.717, 1.165) is 29.9 Å². The minimum atomic E-state index is -0.482. The van der Waals surface area contributed by atoms with Crippen molar-refractivity contribution < 1.29 is 9.53 Å². The molecule has 0 spiro atoms. The Labute approximate surface area is 115 Å². The molecule has 1 amide bonds. The van der Waals surface area contributed by atoms with Crippen molar-refractivity contribution in [1.29, 1.82) is 0 Å². The topological polar surface area (TPSA) is 50.7 Å². The minimum Gasteiger partial charge on any atom is -0.452 e. The molecule has 0 aliphatic heterocycles. The van der Waals surface area contributed by atoms with Crippen LogP contribution in [0.5, 0.6) is 0 Å². The van der Waals surface area contributed by atoms with E-state index in [4.69, 9.17) is 0 Å². The SMILES string of the molecule is COC(=O)N/N=C(/C)CC12CC3CC(CC(C3)C1)C2. The predicted molar refractivity (Wildman–Crippen MR) is 73.9 cm³/mol. The molecule has 0 aromatic carbocycles. The van der Waals surface area contributed by atoms with E-state index in [0.29, 0.717) is 5.41 Å². The van der Waals surface area contributed by atoms with Gasteiger partial charge in [0.15, 0.2) is 0 Å². The van der Waals surface area contributed by atoms with Crippen molar-refractivity contribution >= 4 is 11.8 Å². The van der Waals surface area contributed by atoms with Crippen LogP contribution in [0.2, 0.25) is 0 Å². The van der Waals surface area contributed by atoms with Gasteiger partial charge in [-0.2, -0.15) is 5.10 Å². The van der Waals surface area contributed by atoms with Crippen molar-refractivity contribution in [2.75, 3.05) is 7.11 Å². The van der Waals surface area contributed by atoms with Crippen LogP contribution in [0.4, 0.5) is 4.79 Å². The highest BCUT2D eigenvalue weighted by atomic mass is 16.5. The Bertz CT molecular complexity index is 368. The van der Waals surface area contributed by atoms with Crippen LogP contribution in [-0.4, -0.2) is 18.9 Å². The van der Waals surface area contributed by atoms with E-state index < -0.39 is 6.09 Å². The van der Waals surface area contributed by atoms with Crippen molar-refractivity contribution in [3.8, 4) is 0 Å². The van der Waals surface area contributed by atoms with Gasteiger partial charge in [-0.15, -0.1) is 0 Å². The standard InChI is InChI=1S/C15H24N2O2/c1-10(16-17-14(18)19-2)6-15-7-11-3-12(8-15)5-13(4-11)9-15/h11-13H,3-9H2,1-2H3,(H,17,18)/b16-10-. The monoisotopic (exact) mass is 264 g/mol. The Hall–Kier alpha value is -1.06. The summed E-state index contributed by atoms with van der Waals surface area (Å²) >= 11 is 0. The van der Waals surface area contributed by atoms with Crippen molar-refractivity contribution in [1.82, 2.24) is 5.43 Å². The Morgan fingerprint density at radius 3 is 2.21 bits per heavy atom. The zero-order chi connectivity index (χ0) is 13.5. The van der Waals surface area contributed by atoms with Gasteiger partial charge < -0.3 is 4.74 Å². The molecule has 4 rings (SSSR count). The molecule has 4 nitrogen and oxygen atoms in total. The molecular formula is C15H24N2O2. The molecule has 0 aromatic heterocycles. The largest absolute Gasteiger partial charge is 0.452 e. The third kappa shape index (κ3) is 2.63. The highest BCUT2D eigenvalue weighted by Gasteiger charge is 2.50. The summed E-state index contributed by atoms with van der Waals surface area (Å²) in [5.74, 6) is 2.90. The number of methoxy groups -OCH3 is 1. The maximum atomic E-state index is 11.0. The maximum Gasteiger partial charge on any atom is 0.427 e. The number of carbonyl (C=O) groups is 1. The lowest BCUT2D eigenvalue weighted by molar-refractivity contribution is -0.0482. The van der Waals surface area contributed by atoms with E-state index in [1.807, 2.05) is 6.92 Å². The summed E-state index contributed by atoms with van der Waals surface area (Å²) in [6, 6.07) is 0. The van der Waals surface area contributed by atoms with Crippen molar-refractivity contribution in [2.45, 2.75) is 51.9 Å². The first-order valence-electron chi connectivity index (χ1n) is 7.46. The fourth-order valence-electron chi connectivity index (χ4n) is 5.28. The van der Waals surface area contributed by atoms with Gasteiger partial charge in [0.05, 0.1) is 7.11 Å². The summed E-state index contributed by atoms with van der Waals surface area (Å²) in [5.41, 5.74) is 3.96. The number of hydrogen-bond acceptors (Lipinski definition) is 3. The third-order valence-corrected chi connectivity index (χ3v) is 5.32. The van der Waals surface area contributed by atoms with E-state index >= 15 is 0 Å². The molecule has 0 aromatic rings. The molecular weight excluding hydrogens is 240 g/mol.